The summed E-state index contributed by atoms with van der Waals surface area (Å²) in [7, 11) is 0. The molecule has 52 heavy (non-hydrogen) atoms. The molecule has 0 saturated heterocycles. The molecule has 6 nitrogen and oxygen atoms in total. The van der Waals surface area contributed by atoms with Crippen molar-refractivity contribution < 1.29 is 4.79 Å². The van der Waals surface area contributed by atoms with Gasteiger partial charge in [-0.15, -0.1) is 0 Å². The molecule has 0 atom stereocenters. The molecule has 5 aliphatic rings. The first-order valence-corrected chi connectivity index (χ1v) is 21.5. The van der Waals surface area contributed by atoms with Gasteiger partial charge in [-0.3, -0.25) is 4.79 Å². The lowest BCUT2D eigenvalue weighted by Gasteiger charge is -2.39. The lowest BCUT2D eigenvalue weighted by Crippen LogP contribution is -2.35. The van der Waals surface area contributed by atoms with E-state index in [0.29, 0.717) is 12.3 Å². The van der Waals surface area contributed by atoms with Gasteiger partial charge in [-0.2, -0.15) is 0 Å². The van der Waals surface area contributed by atoms with Crippen LogP contribution in [-0.2, 0) is 26.5 Å². The van der Waals surface area contributed by atoms with Crippen LogP contribution in [0.3, 0.4) is 0 Å². The number of carbonyl (C=O) groups excluding carboxylic acids is 1. The topological polar surface area (TPSA) is 92.3 Å². The highest BCUT2D eigenvalue weighted by Crippen LogP contribution is 2.51. The smallest absolute Gasteiger partial charge is 0.220 e. The van der Waals surface area contributed by atoms with Crippen LogP contribution >= 0.6 is 0 Å². The van der Waals surface area contributed by atoms with Gasteiger partial charge in [0, 0.05) is 63.9 Å². The molecular formula is C46H63N5O. The van der Waals surface area contributed by atoms with Gasteiger partial charge < -0.3 is 25.3 Å². The number of rotatable bonds is 6. The van der Waals surface area contributed by atoms with Gasteiger partial charge in [0.15, 0.2) is 0 Å². The molecule has 1 amide bonds. The summed E-state index contributed by atoms with van der Waals surface area (Å²) in [6.45, 7) is 3.27. The van der Waals surface area contributed by atoms with Crippen molar-refractivity contribution in [3.63, 3.8) is 0 Å². The van der Waals surface area contributed by atoms with E-state index >= 15 is 0 Å². The van der Waals surface area contributed by atoms with E-state index in [4.69, 9.17) is 0 Å². The number of amides is 1. The molecule has 4 aliphatic carbocycles. The Morgan fingerprint density at radius 3 is 1.27 bits per heavy atom. The lowest BCUT2D eigenvalue weighted by atomic mass is 9.69. The Balaban J connectivity index is 1.14. The quantitative estimate of drug-likeness (QED) is 0.136. The Morgan fingerprint density at radius 2 is 0.885 bits per heavy atom. The van der Waals surface area contributed by atoms with Gasteiger partial charge in [0.25, 0.3) is 0 Å². The average molecular weight is 702 g/mol. The normalized spacial score (nSPS) is 23.3. The van der Waals surface area contributed by atoms with Crippen LogP contribution in [0.25, 0.3) is 0 Å². The molecule has 4 aromatic rings. The molecule has 4 fully saturated rings. The molecular weight excluding hydrogens is 639 g/mol. The third-order valence-corrected chi connectivity index (χ3v) is 15.3. The van der Waals surface area contributed by atoms with E-state index in [1.165, 1.54) is 168 Å². The predicted molar refractivity (Wildman–Crippen MR) is 210 cm³/mol. The molecule has 1 aliphatic heterocycles. The third kappa shape index (κ3) is 5.77. The number of aromatic nitrogens is 4. The summed E-state index contributed by atoms with van der Waals surface area (Å²) < 4.78 is 0. The Hall–Kier alpha value is -3.41. The molecule has 278 valence electrons. The van der Waals surface area contributed by atoms with Gasteiger partial charge >= 0.3 is 0 Å². The summed E-state index contributed by atoms with van der Waals surface area (Å²) in [6.07, 6.45) is 26.1. The average Bonchev–Trinajstić information content (AvgIpc) is 4.03. The van der Waals surface area contributed by atoms with Gasteiger partial charge in [0.05, 0.1) is 16.2 Å². The monoisotopic (exact) mass is 702 g/mol. The van der Waals surface area contributed by atoms with Crippen molar-refractivity contribution in [2.24, 2.45) is 5.92 Å². The van der Waals surface area contributed by atoms with Crippen LogP contribution in [0.2, 0.25) is 0 Å². The van der Waals surface area contributed by atoms with Gasteiger partial charge in [0.1, 0.15) is 0 Å². The Labute approximate surface area is 311 Å². The Kier molecular flexibility index (Phi) is 9.10. The fourth-order valence-electron chi connectivity index (χ4n) is 12.0. The molecule has 4 aromatic heterocycles. The van der Waals surface area contributed by atoms with Crippen LogP contribution in [0, 0.1) is 5.92 Å². The van der Waals surface area contributed by atoms with Crippen molar-refractivity contribution in [1.29, 1.82) is 0 Å². The molecule has 0 unspecified atom stereocenters. The highest BCUT2D eigenvalue weighted by Gasteiger charge is 2.46. The minimum atomic E-state index is -0.279. The Morgan fingerprint density at radius 1 is 0.538 bits per heavy atom. The first kappa shape index (κ1) is 34.4. The fraction of sp³-hybridized carbons (Fsp3) is 0.630. The maximum atomic E-state index is 13.1. The van der Waals surface area contributed by atoms with Gasteiger partial charge in [-0.25, -0.2) is 0 Å². The van der Waals surface area contributed by atoms with E-state index in [-0.39, 0.29) is 27.6 Å². The molecule has 0 aromatic carbocycles. The maximum absolute atomic E-state index is 13.1. The first-order valence-electron chi connectivity index (χ1n) is 21.5. The molecule has 4 saturated carbocycles. The van der Waals surface area contributed by atoms with Crippen molar-refractivity contribution in [2.75, 3.05) is 6.54 Å². The standard InChI is InChI=1S/C46H63N5O/c1-43(25-13-16-42(52)47-32-33-14-5-6-15-33)34-17-19-36(48-34)44(26-7-2-8-27-44)38-21-23-40(50-38)46(30-11-4-12-31-46)41-24-22-39(51-41)45(28-9-3-10-29-45)37-20-18-35(43)49-37/h17-24,33,48-51H,2-16,25-32H2,1H3,(H,47,52). The zero-order valence-electron chi connectivity index (χ0n) is 31.9. The first-order chi connectivity index (χ1) is 25.4. The number of hydrogen-bond acceptors (Lipinski definition) is 1. The molecule has 8 bridgehead atoms. The van der Waals surface area contributed by atoms with Crippen LogP contribution in [0.5, 0.6) is 0 Å². The lowest BCUT2D eigenvalue weighted by molar-refractivity contribution is -0.121. The maximum Gasteiger partial charge on any atom is 0.220 e. The Bertz CT molecular complexity index is 1720. The zero-order valence-corrected chi connectivity index (χ0v) is 31.9. The molecule has 9 rings (SSSR count). The van der Waals surface area contributed by atoms with Crippen molar-refractivity contribution in [3.05, 3.63) is 94.1 Å². The van der Waals surface area contributed by atoms with Crippen molar-refractivity contribution in [1.82, 2.24) is 25.3 Å². The molecule has 5 N–H and O–H groups in total. The van der Waals surface area contributed by atoms with Gasteiger partial charge in [-0.1, -0.05) is 70.6 Å². The number of hydrogen-bond donors (Lipinski definition) is 5. The SMILES string of the molecule is CC1(CCCC(=O)NCC2CCCC2)c2ccc([nH]2)C2(CCCCC2)c2ccc([nH]2)C2(CCCCC2)c2ccc([nH]2)C2(CCCCC2)c2ccc1[nH]2. The fourth-order valence-corrected chi connectivity index (χ4v) is 12.0. The van der Waals surface area contributed by atoms with E-state index in [9.17, 15) is 4.79 Å². The van der Waals surface area contributed by atoms with Gasteiger partial charge in [0.2, 0.25) is 5.91 Å². The van der Waals surface area contributed by atoms with Gasteiger partial charge in [-0.05, 0) is 126 Å². The predicted octanol–water partition coefficient (Wildman–Crippen LogP) is 10.8. The number of nitrogens with one attached hydrogen (secondary N) is 5. The summed E-state index contributed by atoms with van der Waals surface area (Å²) in [5.74, 6) is 0.884. The number of fused-ring (bicyclic) bond motifs is 14. The zero-order chi connectivity index (χ0) is 35.2. The van der Waals surface area contributed by atoms with Crippen molar-refractivity contribution in [3.8, 4) is 0 Å². The van der Waals surface area contributed by atoms with E-state index in [2.05, 4.69) is 80.7 Å². The summed E-state index contributed by atoms with van der Waals surface area (Å²) in [5.41, 5.74) is 10.5. The second-order valence-electron chi connectivity index (χ2n) is 18.2. The summed E-state index contributed by atoms with van der Waals surface area (Å²) in [6, 6.07) is 19.5. The van der Waals surface area contributed by atoms with Crippen LogP contribution in [0.4, 0.5) is 0 Å². The largest absolute Gasteiger partial charge is 0.361 e. The van der Waals surface area contributed by atoms with Crippen LogP contribution in [0.15, 0.2) is 48.5 Å². The molecule has 0 radical (unpaired) electrons. The van der Waals surface area contributed by atoms with Crippen molar-refractivity contribution >= 4 is 5.91 Å². The second kappa shape index (κ2) is 13.8. The summed E-state index contributed by atoms with van der Waals surface area (Å²) >= 11 is 0. The number of H-pyrrole nitrogens is 4. The third-order valence-electron chi connectivity index (χ3n) is 15.3. The molecule has 3 spiro atoms. The van der Waals surface area contributed by atoms with Crippen LogP contribution < -0.4 is 5.32 Å². The highest BCUT2D eigenvalue weighted by molar-refractivity contribution is 5.75. The number of carbonyl (C=O) groups is 1. The summed E-state index contributed by atoms with van der Waals surface area (Å²) in [4.78, 5) is 29.8. The minimum absolute atomic E-state index is 0.00128. The highest BCUT2D eigenvalue weighted by atomic mass is 16.1. The van der Waals surface area contributed by atoms with Crippen molar-refractivity contribution in [2.45, 2.75) is 170 Å². The van der Waals surface area contributed by atoms with E-state index in [0.717, 1.165) is 19.4 Å². The summed E-state index contributed by atoms with van der Waals surface area (Å²) in [5, 5.41) is 3.29. The van der Waals surface area contributed by atoms with Crippen LogP contribution in [-0.4, -0.2) is 32.4 Å². The minimum Gasteiger partial charge on any atom is -0.361 e. The van der Waals surface area contributed by atoms with E-state index < -0.39 is 0 Å². The van der Waals surface area contributed by atoms with Crippen LogP contribution in [0.1, 0.15) is 194 Å². The van der Waals surface area contributed by atoms with E-state index in [1.807, 2.05) is 0 Å². The van der Waals surface area contributed by atoms with E-state index in [1.54, 1.807) is 0 Å². The molecule has 5 heterocycles. The molecule has 6 heteroatoms. The second-order valence-corrected chi connectivity index (χ2v) is 18.2. The number of aromatic amines is 4.